The predicted molar refractivity (Wildman–Crippen MR) is 114 cm³/mol. The fraction of sp³-hybridized carbons (Fsp3) is 0.125. The molecule has 1 aliphatic rings. The van der Waals surface area contributed by atoms with Crippen LogP contribution in [-0.4, -0.2) is 34.2 Å². The van der Waals surface area contributed by atoms with Crippen LogP contribution in [0.15, 0.2) is 77.4 Å². The van der Waals surface area contributed by atoms with Crippen LogP contribution in [0.1, 0.15) is 23.0 Å². The molecule has 0 saturated carbocycles. The smallest absolute Gasteiger partial charge is 0.325 e. The van der Waals surface area contributed by atoms with Gasteiger partial charge in [-0.15, -0.1) is 0 Å². The molecule has 7 nitrogen and oxygen atoms in total. The number of furan rings is 1. The maximum atomic E-state index is 13.4. The number of hydrogen-bond donors (Lipinski definition) is 2. The Morgan fingerprint density at radius 2 is 1.74 bits per heavy atom. The summed E-state index contributed by atoms with van der Waals surface area (Å²) in [6, 6.07) is 19.6. The van der Waals surface area contributed by atoms with Crippen LogP contribution >= 0.6 is 0 Å². The summed E-state index contributed by atoms with van der Waals surface area (Å²) < 4.78 is 5.35. The zero-order valence-electron chi connectivity index (χ0n) is 16.7. The Kier molecular flexibility index (Phi) is 4.25. The molecule has 3 amide bonds. The van der Waals surface area contributed by atoms with Crippen LogP contribution in [0.25, 0.3) is 22.2 Å². The molecule has 3 heterocycles. The number of imide groups is 1. The number of para-hydroxylation sites is 1. The third-order valence-electron chi connectivity index (χ3n) is 5.64. The second kappa shape index (κ2) is 6.98. The molecule has 0 aliphatic carbocycles. The molecule has 1 aliphatic heterocycles. The molecule has 7 heteroatoms. The summed E-state index contributed by atoms with van der Waals surface area (Å²) in [5.74, 6) is -0.539. The van der Waals surface area contributed by atoms with Crippen LogP contribution in [0.3, 0.4) is 0 Å². The Bertz CT molecular complexity index is 1310. The SMILES string of the molecule is C[C@]1(c2ccco2)NC(=O)N(CC(=O)c2c(-c3ccccc3)[nH]c3ccccc23)C1=O. The Labute approximate surface area is 177 Å². The van der Waals surface area contributed by atoms with Crippen molar-refractivity contribution >= 4 is 28.6 Å². The normalized spacial score (nSPS) is 18.5. The topological polar surface area (TPSA) is 95.4 Å². The highest BCUT2D eigenvalue weighted by atomic mass is 16.3. The van der Waals surface area contributed by atoms with Crippen LogP contribution in [0, 0.1) is 0 Å². The molecule has 0 radical (unpaired) electrons. The van der Waals surface area contributed by atoms with Crippen LogP contribution < -0.4 is 5.32 Å². The molecule has 1 fully saturated rings. The Balaban J connectivity index is 1.53. The fourth-order valence-corrected chi connectivity index (χ4v) is 4.05. The number of rotatable bonds is 5. The molecule has 2 aromatic carbocycles. The molecule has 154 valence electrons. The number of carbonyl (C=O) groups excluding carboxylic acids is 3. The summed E-state index contributed by atoms with van der Waals surface area (Å²) in [5, 5.41) is 3.39. The quantitative estimate of drug-likeness (QED) is 0.381. The summed E-state index contributed by atoms with van der Waals surface area (Å²) in [5.41, 5.74) is 1.42. The van der Waals surface area contributed by atoms with Crippen LogP contribution in [0.4, 0.5) is 4.79 Å². The third kappa shape index (κ3) is 2.93. The van der Waals surface area contributed by atoms with Gasteiger partial charge in [-0.1, -0.05) is 48.5 Å². The summed E-state index contributed by atoms with van der Waals surface area (Å²) in [7, 11) is 0. The number of nitrogens with zero attached hydrogens (tertiary/aromatic N) is 1. The molecular formula is C24H19N3O4. The minimum absolute atomic E-state index is 0.317. The molecule has 2 N–H and O–H groups in total. The van der Waals surface area contributed by atoms with E-state index in [1.165, 1.54) is 6.26 Å². The van der Waals surface area contributed by atoms with Crippen molar-refractivity contribution in [3.63, 3.8) is 0 Å². The van der Waals surface area contributed by atoms with Crippen molar-refractivity contribution in [1.29, 1.82) is 0 Å². The van der Waals surface area contributed by atoms with Crippen molar-refractivity contribution in [2.45, 2.75) is 12.5 Å². The molecular weight excluding hydrogens is 394 g/mol. The highest BCUT2D eigenvalue weighted by Crippen LogP contribution is 2.33. The first-order valence-electron chi connectivity index (χ1n) is 9.86. The largest absolute Gasteiger partial charge is 0.466 e. The van der Waals surface area contributed by atoms with E-state index in [1.54, 1.807) is 19.1 Å². The number of aromatic amines is 1. The van der Waals surface area contributed by atoms with E-state index in [2.05, 4.69) is 10.3 Å². The molecule has 4 aromatic rings. The number of Topliss-reactive ketones (excluding diaryl/α,β-unsaturated/α-hetero) is 1. The van der Waals surface area contributed by atoms with Gasteiger partial charge in [0.25, 0.3) is 5.91 Å². The van der Waals surface area contributed by atoms with E-state index in [0.29, 0.717) is 17.0 Å². The van der Waals surface area contributed by atoms with Gasteiger partial charge in [-0.25, -0.2) is 4.79 Å². The number of nitrogens with one attached hydrogen (secondary N) is 2. The highest BCUT2D eigenvalue weighted by Gasteiger charge is 2.51. The molecule has 1 saturated heterocycles. The fourth-order valence-electron chi connectivity index (χ4n) is 4.05. The second-order valence-corrected chi connectivity index (χ2v) is 7.63. The first kappa shape index (κ1) is 18.9. The van der Waals surface area contributed by atoms with Crippen molar-refractivity contribution in [3.8, 4) is 11.3 Å². The van der Waals surface area contributed by atoms with Gasteiger partial charge in [-0.05, 0) is 30.7 Å². The summed E-state index contributed by atoms with van der Waals surface area (Å²) in [6.07, 6.45) is 1.44. The molecule has 0 bridgehead atoms. The molecule has 2 aromatic heterocycles. The summed E-state index contributed by atoms with van der Waals surface area (Å²) in [6.45, 7) is 1.19. The summed E-state index contributed by atoms with van der Waals surface area (Å²) in [4.78, 5) is 43.4. The first-order valence-corrected chi connectivity index (χ1v) is 9.86. The van der Waals surface area contributed by atoms with E-state index in [4.69, 9.17) is 4.42 Å². The van der Waals surface area contributed by atoms with Gasteiger partial charge in [0.05, 0.1) is 24.1 Å². The van der Waals surface area contributed by atoms with E-state index >= 15 is 0 Å². The highest BCUT2D eigenvalue weighted by molar-refractivity contribution is 6.17. The minimum atomic E-state index is -1.34. The second-order valence-electron chi connectivity index (χ2n) is 7.63. The maximum Gasteiger partial charge on any atom is 0.325 e. The van der Waals surface area contributed by atoms with Crippen molar-refractivity contribution in [2.75, 3.05) is 6.54 Å². The van der Waals surface area contributed by atoms with E-state index in [0.717, 1.165) is 21.4 Å². The number of amides is 3. The van der Waals surface area contributed by atoms with Crippen molar-refractivity contribution in [2.24, 2.45) is 0 Å². The monoisotopic (exact) mass is 413 g/mol. The zero-order valence-corrected chi connectivity index (χ0v) is 16.7. The third-order valence-corrected chi connectivity index (χ3v) is 5.64. The standard InChI is InChI=1S/C24H19N3O4/c1-24(19-12-7-13-31-19)22(29)27(23(30)26-24)14-18(28)20-16-10-5-6-11-17(16)25-21(20)15-8-3-2-4-9-15/h2-13,25H,14H2,1H3,(H,26,30)/t24-/m1/s1. The van der Waals surface area contributed by atoms with Gasteiger partial charge in [0, 0.05) is 10.9 Å². The number of ketones is 1. The Hall–Kier alpha value is -4.13. The van der Waals surface area contributed by atoms with Gasteiger partial charge in [-0.2, -0.15) is 0 Å². The lowest BCUT2D eigenvalue weighted by molar-refractivity contribution is -0.131. The maximum absolute atomic E-state index is 13.4. The van der Waals surface area contributed by atoms with Gasteiger partial charge >= 0.3 is 6.03 Å². The number of aromatic nitrogens is 1. The van der Waals surface area contributed by atoms with Gasteiger partial charge in [0.15, 0.2) is 11.3 Å². The van der Waals surface area contributed by atoms with Gasteiger partial charge in [-0.3, -0.25) is 14.5 Å². The van der Waals surface area contributed by atoms with E-state index in [-0.39, 0.29) is 12.3 Å². The lowest BCUT2D eigenvalue weighted by Gasteiger charge is -2.18. The van der Waals surface area contributed by atoms with E-state index < -0.39 is 17.5 Å². The molecule has 0 unspecified atom stereocenters. The number of H-pyrrole nitrogens is 1. The number of carbonyl (C=O) groups is 3. The van der Waals surface area contributed by atoms with Crippen LogP contribution in [-0.2, 0) is 10.3 Å². The molecule has 0 spiro atoms. The van der Waals surface area contributed by atoms with Crippen LogP contribution in [0.2, 0.25) is 0 Å². The first-order chi connectivity index (χ1) is 15.0. The molecule has 31 heavy (non-hydrogen) atoms. The van der Waals surface area contributed by atoms with Gasteiger partial charge < -0.3 is 14.7 Å². The number of benzene rings is 2. The molecule has 1 atom stereocenters. The Morgan fingerprint density at radius 3 is 2.48 bits per heavy atom. The van der Waals surface area contributed by atoms with E-state index in [9.17, 15) is 14.4 Å². The Morgan fingerprint density at radius 1 is 1.00 bits per heavy atom. The average Bonchev–Trinajstić information content (AvgIpc) is 3.49. The van der Waals surface area contributed by atoms with E-state index in [1.807, 2.05) is 54.6 Å². The van der Waals surface area contributed by atoms with Crippen molar-refractivity contribution < 1.29 is 18.8 Å². The number of urea groups is 1. The van der Waals surface area contributed by atoms with Gasteiger partial charge in [0.1, 0.15) is 5.76 Å². The predicted octanol–water partition coefficient (Wildman–Crippen LogP) is 4.08. The van der Waals surface area contributed by atoms with Crippen molar-refractivity contribution in [1.82, 2.24) is 15.2 Å². The van der Waals surface area contributed by atoms with Crippen molar-refractivity contribution in [3.05, 3.63) is 84.3 Å². The minimum Gasteiger partial charge on any atom is -0.466 e. The van der Waals surface area contributed by atoms with Crippen LogP contribution in [0.5, 0.6) is 0 Å². The average molecular weight is 413 g/mol. The lowest BCUT2D eigenvalue weighted by atomic mass is 9.98. The number of fused-ring (bicyclic) bond motifs is 1. The number of hydrogen-bond acceptors (Lipinski definition) is 4. The summed E-state index contributed by atoms with van der Waals surface area (Å²) >= 11 is 0. The van der Waals surface area contributed by atoms with Gasteiger partial charge in [0.2, 0.25) is 0 Å². The molecule has 5 rings (SSSR count). The zero-order chi connectivity index (χ0) is 21.6. The lowest BCUT2D eigenvalue weighted by Crippen LogP contribution is -2.41.